The van der Waals surface area contributed by atoms with E-state index >= 15 is 0 Å². The van der Waals surface area contributed by atoms with E-state index in [-0.39, 0.29) is 25.1 Å². The predicted octanol–water partition coefficient (Wildman–Crippen LogP) is 4.70. The fourth-order valence-electron chi connectivity index (χ4n) is 3.34. The minimum absolute atomic E-state index is 0.189. The fourth-order valence-corrected chi connectivity index (χ4v) is 3.34. The molecule has 0 aromatic heterocycles. The van der Waals surface area contributed by atoms with Gasteiger partial charge in [-0.2, -0.15) is 13.2 Å². The summed E-state index contributed by atoms with van der Waals surface area (Å²) in [6.45, 7) is -0.516. The van der Waals surface area contributed by atoms with Crippen molar-refractivity contribution < 1.29 is 37.3 Å². The number of ether oxygens (including phenoxy) is 2. The molecular formula is C25H22F3NO5. The van der Waals surface area contributed by atoms with E-state index in [4.69, 9.17) is 14.6 Å². The Morgan fingerprint density at radius 1 is 0.971 bits per heavy atom. The first kappa shape index (κ1) is 24.6. The van der Waals surface area contributed by atoms with Gasteiger partial charge in [-0.15, -0.1) is 0 Å². The molecule has 0 unspecified atom stereocenters. The number of para-hydroxylation sites is 1. The van der Waals surface area contributed by atoms with Gasteiger partial charge in [0.1, 0.15) is 11.5 Å². The van der Waals surface area contributed by atoms with Crippen molar-refractivity contribution in [2.75, 3.05) is 13.7 Å². The maximum absolute atomic E-state index is 13.4. The molecule has 0 atom stereocenters. The van der Waals surface area contributed by atoms with Crippen LogP contribution in [0.2, 0.25) is 0 Å². The third-order valence-electron chi connectivity index (χ3n) is 4.93. The van der Waals surface area contributed by atoms with Gasteiger partial charge in [0, 0.05) is 12.1 Å². The number of amides is 1. The molecule has 0 saturated carbocycles. The SMILES string of the molecule is COc1ccc(CC(=O)O)cc1-c1ccc(C(F)(F)F)cc1CNC(=O)COc1ccccc1. The molecule has 0 spiro atoms. The summed E-state index contributed by atoms with van der Waals surface area (Å²) in [6.07, 6.45) is -4.84. The van der Waals surface area contributed by atoms with E-state index in [0.717, 1.165) is 12.1 Å². The number of methoxy groups -OCH3 is 1. The maximum Gasteiger partial charge on any atom is 0.416 e. The molecule has 0 saturated heterocycles. The van der Waals surface area contributed by atoms with Crippen LogP contribution in [0.5, 0.6) is 11.5 Å². The van der Waals surface area contributed by atoms with E-state index in [1.165, 1.54) is 13.2 Å². The number of carboxylic acid groups (broad SMARTS) is 1. The van der Waals surface area contributed by atoms with Crippen LogP contribution in [0, 0.1) is 0 Å². The molecular weight excluding hydrogens is 451 g/mol. The summed E-state index contributed by atoms with van der Waals surface area (Å²) in [7, 11) is 1.40. The number of benzene rings is 3. The Balaban J connectivity index is 1.89. The number of alkyl halides is 3. The molecule has 178 valence electrons. The van der Waals surface area contributed by atoms with Gasteiger partial charge in [0.05, 0.1) is 19.1 Å². The molecule has 2 N–H and O–H groups in total. The van der Waals surface area contributed by atoms with Crippen LogP contribution in [0.4, 0.5) is 13.2 Å². The molecule has 0 bridgehead atoms. The summed E-state index contributed by atoms with van der Waals surface area (Å²) in [5.41, 5.74) is 0.561. The topological polar surface area (TPSA) is 84.9 Å². The monoisotopic (exact) mass is 473 g/mol. The van der Waals surface area contributed by atoms with Gasteiger partial charge in [-0.25, -0.2) is 0 Å². The molecule has 34 heavy (non-hydrogen) atoms. The van der Waals surface area contributed by atoms with Crippen LogP contribution in [0.15, 0.2) is 66.7 Å². The van der Waals surface area contributed by atoms with E-state index < -0.39 is 23.6 Å². The number of hydrogen-bond donors (Lipinski definition) is 2. The smallest absolute Gasteiger partial charge is 0.416 e. The Hall–Kier alpha value is -4.01. The lowest BCUT2D eigenvalue weighted by atomic mass is 9.94. The normalized spacial score (nSPS) is 11.1. The largest absolute Gasteiger partial charge is 0.496 e. The first-order chi connectivity index (χ1) is 16.2. The zero-order chi connectivity index (χ0) is 24.7. The third kappa shape index (κ3) is 6.50. The van der Waals surface area contributed by atoms with Gasteiger partial charge in [0.2, 0.25) is 0 Å². The van der Waals surface area contributed by atoms with Gasteiger partial charge in [-0.1, -0.05) is 30.3 Å². The van der Waals surface area contributed by atoms with Crippen LogP contribution < -0.4 is 14.8 Å². The molecule has 3 aromatic carbocycles. The summed E-state index contributed by atoms with van der Waals surface area (Å²) >= 11 is 0. The highest BCUT2D eigenvalue weighted by atomic mass is 19.4. The second-order valence-corrected chi connectivity index (χ2v) is 7.35. The van der Waals surface area contributed by atoms with Crippen molar-refractivity contribution in [1.29, 1.82) is 0 Å². The standard InChI is InChI=1S/C25H22F3NO5/c1-33-22-10-7-16(12-24(31)32)11-21(22)20-9-8-18(25(26,27)28)13-17(20)14-29-23(30)15-34-19-5-3-2-4-6-19/h2-11,13H,12,14-15H2,1H3,(H,29,30)(H,31,32). The van der Waals surface area contributed by atoms with Crippen molar-refractivity contribution in [2.45, 2.75) is 19.1 Å². The molecule has 0 fully saturated rings. The summed E-state index contributed by atoms with van der Waals surface area (Å²) in [5, 5.41) is 11.7. The number of rotatable bonds is 9. The average Bonchev–Trinajstić information content (AvgIpc) is 2.81. The van der Waals surface area contributed by atoms with Gasteiger partial charge < -0.3 is 19.9 Å². The highest BCUT2D eigenvalue weighted by Crippen LogP contribution is 2.37. The summed E-state index contributed by atoms with van der Waals surface area (Å²) in [5.74, 6) is -0.723. The Morgan fingerprint density at radius 3 is 2.35 bits per heavy atom. The lowest BCUT2D eigenvalue weighted by Crippen LogP contribution is -2.28. The highest BCUT2D eigenvalue weighted by Gasteiger charge is 2.31. The maximum atomic E-state index is 13.4. The second kappa shape index (κ2) is 10.7. The molecule has 6 nitrogen and oxygen atoms in total. The quantitative estimate of drug-likeness (QED) is 0.471. The minimum atomic E-state index is -4.58. The third-order valence-corrected chi connectivity index (χ3v) is 4.93. The van der Waals surface area contributed by atoms with Crippen molar-refractivity contribution in [3.8, 4) is 22.6 Å². The Morgan fingerprint density at radius 2 is 1.71 bits per heavy atom. The Bertz CT molecular complexity index is 1160. The first-order valence-electron chi connectivity index (χ1n) is 10.2. The van der Waals surface area contributed by atoms with E-state index in [2.05, 4.69) is 5.32 Å². The number of hydrogen-bond acceptors (Lipinski definition) is 4. The van der Waals surface area contributed by atoms with E-state index in [0.29, 0.717) is 28.2 Å². The molecule has 0 aliphatic heterocycles. The van der Waals surface area contributed by atoms with Crippen molar-refractivity contribution in [3.63, 3.8) is 0 Å². The van der Waals surface area contributed by atoms with E-state index in [1.54, 1.807) is 48.5 Å². The highest BCUT2D eigenvalue weighted by molar-refractivity contribution is 5.79. The summed E-state index contributed by atoms with van der Waals surface area (Å²) < 4.78 is 50.8. The van der Waals surface area contributed by atoms with Crippen molar-refractivity contribution >= 4 is 11.9 Å². The number of carbonyl (C=O) groups excluding carboxylic acids is 1. The second-order valence-electron chi connectivity index (χ2n) is 7.35. The molecule has 3 aromatic rings. The Labute approximate surface area is 193 Å². The predicted molar refractivity (Wildman–Crippen MR) is 119 cm³/mol. The summed E-state index contributed by atoms with van der Waals surface area (Å²) in [4.78, 5) is 23.4. The van der Waals surface area contributed by atoms with Crippen LogP contribution in [-0.4, -0.2) is 30.7 Å². The van der Waals surface area contributed by atoms with Gasteiger partial charge in [0.15, 0.2) is 6.61 Å². The van der Waals surface area contributed by atoms with Crippen molar-refractivity contribution in [2.24, 2.45) is 0 Å². The Kier molecular flexibility index (Phi) is 7.78. The number of aliphatic carboxylic acids is 1. The molecule has 0 aliphatic rings. The molecule has 1 amide bonds. The minimum Gasteiger partial charge on any atom is -0.496 e. The van der Waals surface area contributed by atoms with Crippen LogP contribution in [0.3, 0.4) is 0 Å². The molecule has 0 radical (unpaired) electrons. The van der Waals surface area contributed by atoms with Crippen molar-refractivity contribution in [1.82, 2.24) is 5.32 Å². The van der Waals surface area contributed by atoms with Gasteiger partial charge in [0.25, 0.3) is 5.91 Å². The molecule has 0 aliphatic carbocycles. The van der Waals surface area contributed by atoms with Crippen LogP contribution >= 0.6 is 0 Å². The number of nitrogens with one attached hydrogen (secondary N) is 1. The van der Waals surface area contributed by atoms with E-state index in [1.807, 2.05) is 0 Å². The zero-order valence-electron chi connectivity index (χ0n) is 18.2. The molecule has 3 rings (SSSR count). The van der Waals surface area contributed by atoms with Crippen molar-refractivity contribution in [3.05, 3.63) is 83.4 Å². The lowest BCUT2D eigenvalue weighted by Gasteiger charge is -2.17. The molecule has 0 heterocycles. The number of halogens is 3. The summed E-state index contributed by atoms with van der Waals surface area (Å²) in [6, 6.07) is 16.5. The lowest BCUT2D eigenvalue weighted by molar-refractivity contribution is -0.138. The fraction of sp³-hybridized carbons (Fsp3) is 0.200. The zero-order valence-corrected chi connectivity index (χ0v) is 18.2. The number of carbonyl (C=O) groups is 2. The average molecular weight is 473 g/mol. The van der Waals surface area contributed by atoms with E-state index in [9.17, 15) is 22.8 Å². The van der Waals surface area contributed by atoms with Gasteiger partial charge in [-0.3, -0.25) is 9.59 Å². The van der Waals surface area contributed by atoms with Crippen LogP contribution in [0.25, 0.3) is 11.1 Å². The first-order valence-corrected chi connectivity index (χ1v) is 10.2. The van der Waals surface area contributed by atoms with Crippen LogP contribution in [0.1, 0.15) is 16.7 Å². The van der Waals surface area contributed by atoms with Gasteiger partial charge in [-0.05, 0) is 53.1 Å². The number of carboxylic acids is 1. The molecule has 9 heteroatoms. The van der Waals surface area contributed by atoms with Gasteiger partial charge >= 0.3 is 12.1 Å². The van der Waals surface area contributed by atoms with Crippen LogP contribution in [-0.2, 0) is 28.7 Å².